The number of hydrogen-bond donors (Lipinski definition) is 2. The van der Waals surface area contributed by atoms with Crippen LogP contribution in [0.4, 0.5) is 11.4 Å². The molecule has 1 aromatic carbocycles. The molecule has 0 aromatic heterocycles. The first-order chi connectivity index (χ1) is 10.1. The molecule has 1 amide bonds. The highest BCUT2D eigenvalue weighted by Crippen LogP contribution is 2.28. The molecule has 4 nitrogen and oxygen atoms in total. The molecule has 1 saturated heterocycles. The van der Waals surface area contributed by atoms with Crippen LogP contribution in [0, 0.1) is 5.92 Å². The van der Waals surface area contributed by atoms with Gasteiger partial charge in [0.25, 0.3) is 0 Å². The van der Waals surface area contributed by atoms with Crippen molar-refractivity contribution in [3.63, 3.8) is 0 Å². The molecule has 2 N–H and O–H groups in total. The first-order valence-electron chi connectivity index (χ1n) is 7.99. The number of nitrogens with one attached hydrogen (secondary N) is 2. The van der Waals surface area contributed by atoms with Crippen molar-refractivity contribution in [1.82, 2.24) is 4.90 Å². The van der Waals surface area contributed by atoms with Crippen LogP contribution in [0.1, 0.15) is 31.7 Å². The maximum atomic E-state index is 11.4. The highest BCUT2D eigenvalue weighted by Gasteiger charge is 2.22. The Morgan fingerprint density at radius 1 is 1.29 bits per heavy atom. The Balaban J connectivity index is 1.63. The SMILES string of the molecule is CC(Nc1ccc2c(c1)CCC(=O)N2)C1CCN(C)CC1. The summed E-state index contributed by atoms with van der Waals surface area (Å²) in [6, 6.07) is 6.79. The number of benzene rings is 1. The normalized spacial score (nSPS) is 21.5. The van der Waals surface area contributed by atoms with Gasteiger partial charge in [0.05, 0.1) is 0 Å². The number of aryl methyl sites for hydroxylation is 1. The summed E-state index contributed by atoms with van der Waals surface area (Å²) in [7, 11) is 2.20. The van der Waals surface area contributed by atoms with E-state index < -0.39 is 0 Å². The fourth-order valence-corrected chi connectivity index (χ4v) is 3.38. The van der Waals surface area contributed by atoms with Gasteiger partial charge < -0.3 is 15.5 Å². The van der Waals surface area contributed by atoms with Crippen molar-refractivity contribution in [2.24, 2.45) is 5.92 Å². The molecule has 1 aromatic rings. The van der Waals surface area contributed by atoms with Crippen molar-refractivity contribution in [2.45, 2.75) is 38.6 Å². The molecule has 1 fully saturated rings. The molecule has 2 aliphatic rings. The second kappa shape index (κ2) is 6.06. The summed E-state index contributed by atoms with van der Waals surface area (Å²) in [5, 5.41) is 6.59. The largest absolute Gasteiger partial charge is 0.382 e. The molecule has 21 heavy (non-hydrogen) atoms. The van der Waals surface area contributed by atoms with Gasteiger partial charge in [-0.05, 0) is 76.0 Å². The van der Waals surface area contributed by atoms with E-state index in [9.17, 15) is 4.79 Å². The standard InChI is InChI=1S/C17H25N3O/c1-12(13-7-9-20(2)10-8-13)18-15-4-5-16-14(11-15)3-6-17(21)19-16/h4-5,11-13,18H,3,6-10H2,1-2H3,(H,19,21). The number of likely N-dealkylation sites (tertiary alicyclic amines) is 1. The third kappa shape index (κ3) is 3.38. The van der Waals surface area contributed by atoms with Crippen LogP contribution in [0.25, 0.3) is 0 Å². The number of fused-ring (bicyclic) bond motifs is 1. The Kier molecular flexibility index (Phi) is 4.15. The quantitative estimate of drug-likeness (QED) is 0.898. The van der Waals surface area contributed by atoms with E-state index in [0.29, 0.717) is 12.5 Å². The second-order valence-electron chi connectivity index (χ2n) is 6.49. The second-order valence-corrected chi connectivity index (χ2v) is 6.49. The molecule has 3 rings (SSSR count). The van der Waals surface area contributed by atoms with Gasteiger partial charge in [0.15, 0.2) is 0 Å². The van der Waals surface area contributed by atoms with Crippen LogP contribution in [0.3, 0.4) is 0 Å². The highest BCUT2D eigenvalue weighted by molar-refractivity contribution is 5.94. The highest BCUT2D eigenvalue weighted by atomic mass is 16.1. The molecule has 0 radical (unpaired) electrons. The van der Waals surface area contributed by atoms with Crippen molar-refractivity contribution in [3.05, 3.63) is 23.8 Å². The summed E-state index contributed by atoms with van der Waals surface area (Å²) in [6.07, 6.45) is 3.98. The zero-order valence-electron chi connectivity index (χ0n) is 13.0. The molecule has 114 valence electrons. The monoisotopic (exact) mass is 287 g/mol. The van der Waals surface area contributed by atoms with Gasteiger partial charge in [0.2, 0.25) is 5.91 Å². The Hall–Kier alpha value is -1.55. The first-order valence-corrected chi connectivity index (χ1v) is 7.99. The van der Waals surface area contributed by atoms with E-state index in [4.69, 9.17) is 0 Å². The molecule has 0 saturated carbocycles. The molecule has 0 aliphatic carbocycles. The molecule has 1 atom stereocenters. The lowest BCUT2D eigenvalue weighted by Gasteiger charge is -2.33. The van der Waals surface area contributed by atoms with Gasteiger partial charge in [0.1, 0.15) is 0 Å². The molecular weight excluding hydrogens is 262 g/mol. The summed E-state index contributed by atoms with van der Waals surface area (Å²) >= 11 is 0. The lowest BCUT2D eigenvalue weighted by molar-refractivity contribution is -0.116. The number of carbonyl (C=O) groups excluding carboxylic acids is 1. The van der Waals surface area contributed by atoms with Crippen molar-refractivity contribution >= 4 is 17.3 Å². The first kappa shape index (κ1) is 14.4. The van der Waals surface area contributed by atoms with E-state index >= 15 is 0 Å². The Labute approximate surface area is 126 Å². The van der Waals surface area contributed by atoms with Crippen molar-refractivity contribution in [1.29, 1.82) is 0 Å². The zero-order valence-corrected chi connectivity index (χ0v) is 13.0. The maximum absolute atomic E-state index is 11.4. The van der Waals surface area contributed by atoms with Crippen LogP contribution < -0.4 is 10.6 Å². The van der Waals surface area contributed by atoms with Gasteiger partial charge >= 0.3 is 0 Å². The number of rotatable bonds is 3. The average molecular weight is 287 g/mol. The van der Waals surface area contributed by atoms with Crippen LogP contribution in [0.15, 0.2) is 18.2 Å². The molecule has 2 heterocycles. The predicted octanol–water partition coefficient (Wildman–Crippen LogP) is 2.71. The van der Waals surface area contributed by atoms with E-state index in [1.807, 2.05) is 6.07 Å². The van der Waals surface area contributed by atoms with Gasteiger partial charge in [-0.2, -0.15) is 0 Å². The van der Waals surface area contributed by atoms with Gasteiger partial charge in [-0.3, -0.25) is 4.79 Å². The van der Waals surface area contributed by atoms with Crippen molar-refractivity contribution in [3.8, 4) is 0 Å². The molecule has 4 heteroatoms. The number of anilines is 2. The molecule has 0 spiro atoms. The Morgan fingerprint density at radius 3 is 2.81 bits per heavy atom. The van der Waals surface area contributed by atoms with E-state index in [1.54, 1.807) is 0 Å². The van der Waals surface area contributed by atoms with Crippen molar-refractivity contribution < 1.29 is 4.79 Å². The zero-order chi connectivity index (χ0) is 14.8. The average Bonchev–Trinajstić information content (AvgIpc) is 2.48. The number of carbonyl (C=O) groups is 1. The smallest absolute Gasteiger partial charge is 0.224 e. The van der Waals surface area contributed by atoms with Gasteiger partial charge in [-0.1, -0.05) is 0 Å². The van der Waals surface area contributed by atoms with Crippen LogP contribution in [0.2, 0.25) is 0 Å². The number of amides is 1. The topological polar surface area (TPSA) is 44.4 Å². The molecule has 0 bridgehead atoms. The van der Waals surface area contributed by atoms with Crippen LogP contribution in [0.5, 0.6) is 0 Å². The van der Waals surface area contributed by atoms with E-state index in [0.717, 1.165) is 18.0 Å². The summed E-state index contributed by atoms with van der Waals surface area (Å²) < 4.78 is 0. The van der Waals surface area contributed by atoms with E-state index in [-0.39, 0.29) is 5.91 Å². The van der Waals surface area contributed by atoms with Gasteiger partial charge in [-0.15, -0.1) is 0 Å². The third-order valence-corrected chi connectivity index (χ3v) is 4.87. The summed E-state index contributed by atoms with van der Waals surface area (Å²) in [4.78, 5) is 13.8. The van der Waals surface area contributed by atoms with E-state index in [1.165, 1.54) is 37.2 Å². The van der Waals surface area contributed by atoms with Gasteiger partial charge in [-0.25, -0.2) is 0 Å². The predicted molar refractivity (Wildman–Crippen MR) is 86.7 cm³/mol. The third-order valence-electron chi connectivity index (χ3n) is 4.87. The number of piperidine rings is 1. The number of hydrogen-bond acceptors (Lipinski definition) is 3. The van der Waals surface area contributed by atoms with Crippen LogP contribution in [-0.4, -0.2) is 37.0 Å². The molecule has 1 unspecified atom stereocenters. The van der Waals surface area contributed by atoms with Gasteiger partial charge in [0, 0.05) is 23.8 Å². The summed E-state index contributed by atoms with van der Waals surface area (Å²) in [5.41, 5.74) is 3.40. The molecular formula is C17H25N3O. The lowest BCUT2D eigenvalue weighted by atomic mass is 9.90. The van der Waals surface area contributed by atoms with Crippen molar-refractivity contribution in [2.75, 3.05) is 30.8 Å². The minimum absolute atomic E-state index is 0.128. The summed E-state index contributed by atoms with van der Waals surface area (Å²) in [5.74, 6) is 0.875. The fraction of sp³-hybridized carbons (Fsp3) is 0.588. The maximum Gasteiger partial charge on any atom is 0.224 e. The Morgan fingerprint density at radius 2 is 2.05 bits per heavy atom. The van der Waals surface area contributed by atoms with Crippen LogP contribution >= 0.6 is 0 Å². The summed E-state index contributed by atoms with van der Waals surface area (Å²) in [6.45, 7) is 4.69. The molecule has 2 aliphatic heterocycles. The number of nitrogens with zero attached hydrogens (tertiary/aromatic N) is 1. The van der Waals surface area contributed by atoms with E-state index in [2.05, 4.69) is 41.6 Å². The Bertz CT molecular complexity index is 521. The minimum Gasteiger partial charge on any atom is -0.382 e. The lowest BCUT2D eigenvalue weighted by Crippen LogP contribution is -2.37. The fourth-order valence-electron chi connectivity index (χ4n) is 3.38. The minimum atomic E-state index is 0.128. The van der Waals surface area contributed by atoms with Crippen LogP contribution in [-0.2, 0) is 11.2 Å².